The molecule has 0 unspecified atom stereocenters. The number of nitrogen functional groups attached to an aromatic ring is 1. The largest absolute Gasteiger partial charge is 0.379 e. The van der Waals surface area contributed by atoms with Gasteiger partial charge < -0.3 is 10.6 Å². The molecule has 2 N–H and O–H groups in total. The van der Waals surface area contributed by atoms with Gasteiger partial charge in [0.25, 0.3) is 5.15 Å². The standard InChI is InChI=1S/C5H2Cl2N4/c1-9-5-3(7)10-4(8)2(6)11-5/h(H2,8,10). The van der Waals surface area contributed by atoms with Crippen molar-refractivity contribution in [3.63, 3.8) is 0 Å². The highest BCUT2D eigenvalue weighted by molar-refractivity contribution is 6.34. The lowest BCUT2D eigenvalue weighted by atomic mass is 10.6. The lowest BCUT2D eigenvalue weighted by Crippen LogP contribution is -1.93. The Kier molecular flexibility index (Phi) is 2.13. The minimum atomic E-state index is -0.0362. The molecule has 0 saturated heterocycles. The van der Waals surface area contributed by atoms with Crippen LogP contribution in [0, 0.1) is 6.57 Å². The highest BCUT2D eigenvalue weighted by Gasteiger charge is 2.09. The third kappa shape index (κ3) is 1.50. The van der Waals surface area contributed by atoms with Crippen molar-refractivity contribution in [3.05, 3.63) is 21.7 Å². The summed E-state index contributed by atoms with van der Waals surface area (Å²) in [6.45, 7) is 6.59. The number of halogens is 2. The quantitative estimate of drug-likeness (QED) is 0.634. The van der Waals surface area contributed by atoms with Crippen molar-refractivity contribution >= 4 is 34.8 Å². The fraction of sp³-hybridized carbons (Fsp3) is 0. The van der Waals surface area contributed by atoms with Crippen LogP contribution in [0.4, 0.5) is 11.6 Å². The van der Waals surface area contributed by atoms with Crippen LogP contribution in [0.25, 0.3) is 4.85 Å². The molecule has 0 aliphatic heterocycles. The van der Waals surface area contributed by atoms with Crippen LogP contribution in [0.5, 0.6) is 0 Å². The van der Waals surface area contributed by atoms with Crippen molar-refractivity contribution in [2.75, 3.05) is 5.73 Å². The average molecular weight is 189 g/mol. The monoisotopic (exact) mass is 188 g/mol. The molecule has 1 aromatic heterocycles. The van der Waals surface area contributed by atoms with E-state index >= 15 is 0 Å². The van der Waals surface area contributed by atoms with Gasteiger partial charge in [-0.05, 0) is 11.6 Å². The summed E-state index contributed by atoms with van der Waals surface area (Å²) in [4.78, 5) is 10.1. The van der Waals surface area contributed by atoms with Gasteiger partial charge in [0.05, 0.1) is 0 Å². The smallest absolute Gasteiger partial charge is 0.308 e. The first-order valence-electron chi connectivity index (χ1n) is 2.51. The Hall–Kier alpha value is -1.05. The number of nitrogens with two attached hydrogens (primary N) is 1. The lowest BCUT2D eigenvalue weighted by Gasteiger charge is -1.94. The first-order chi connectivity index (χ1) is 5.15. The Labute approximate surface area is 72.8 Å². The summed E-state index contributed by atoms with van der Waals surface area (Å²) in [5, 5.41) is -0.0256. The Morgan fingerprint density at radius 1 is 1.27 bits per heavy atom. The highest BCUT2D eigenvalue weighted by atomic mass is 35.5. The van der Waals surface area contributed by atoms with E-state index in [0.29, 0.717) is 0 Å². The zero-order chi connectivity index (χ0) is 8.43. The molecule has 0 bridgehead atoms. The van der Waals surface area contributed by atoms with Gasteiger partial charge in [-0.3, -0.25) is 0 Å². The molecule has 0 radical (unpaired) electrons. The molecule has 6 heteroatoms. The van der Waals surface area contributed by atoms with Crippen molar-refractivity contribution in [2.24, 2.45) is 0 Å². The van der Waals surface area contributed by atoms with E-state index in [1.807, 2.05) is 0 Å². The van der Waals surface area contributed by atoms with Gasteiger partial charge >= 0.3 is 5.82 Å². The van der Waals surface area contributed by atoms with Crippen molar-refractivity contribution in [3.8, 4) is 0 Å². The van der Waals surface area contributed by atoms with Crippen LogP contribution < -0.4 is 5.73 Å². The highest BCUT2D eigenvalue weighted by Crippen LogP contribution is 2.24. The Bertz CT molecular complexity index is 330. The minimum Gasteiger partial charge on any atom is -0.379 e. The molecule has 0 saturated carbocycles. The first-order valence-corrected chi connectivity index (χ1v) is 3.26. The van der Waals surface area contributed by atoms with Crippen molar-refractivity contribution in [1.82, 2.24) is 9.97 Å². The van der Waals surface area contributed by atoms with Gasteiger partial charge in [-0.1, -0.05) is 18.2 Å². The number of anilines is 1. The Balaban J connectivity index is 3.35. The molecule has 0 aliphatic rings. The van der Waals surface area contributed by atoms with Crippen LogP contribution in [0.3, 0.4) is 0 Å². The maximum Gasteiger partial charge on any atom is 0.308 e. The number of rotatable bonds is 0. The fourth-order valence-electron chi connectivity index (χ4n) is 0.469. The Morgan fingerprint density at radius 3 is 2.45 bits per heavy atom. The van der Waals surface area contributed by atoms with Gasteiger partial charge in [-0.15, -0.1) is 4.98 Å². The average Bonchev–Trinajstić information content (AvgIpc) is 1.97. The second kappa shape index (κ2) is 2.91. The molecule has 1 aromatic rings. The van der Waals surface area contributed by atoms with Crippen molar-refractivity contribution < 1.29 is 0 Å². The Morgan fingerprint density at radius 2 is 1.91 bits per heavy atom. The SMILES string of the molecule is [C-]#[N+]c1nc(Cl)c(N)nc1Cl. The number of aromatic nitrogens is 2. The maximum absolute atomic E-state index is 6.59. The van der Waals surface area contributed by atoms with Crippen LogP contribution in [-0.4, -0.2) is 9.97 Å². The molecule has 0 spiro atoms. The predicted molar refractivity (Wildman–Crippen MR) is 42.7 cm³/mol. The first kappa shape index (κ1) is 8.05. The van der Waals surface area contributed by atoms with Crippen molar-refractivity contribution in [1.29, 1.82) is 0 Å². The van der Waals surface area contributed by atoms with Crippen LogP contribution in [0.2, 0.25) is 10.3 Å². The van der Waals surface area contributed by atoms with E-state index in [9.17, 15) is 0 Å². The van der Waals surface area contributed by atoms with Gasteiger partial charge in [0, 0.05) is 0 Å². The third-order valence-electron chi connectivity index (χ3n) is 0.924. The van der Waals surface area contributed by atoms with Gasteiger partial charge in [0.1, 0.15) is 0 Å². The molecule has 4 nitrogen and oxygen atoms in total. The summed E-state index contributed by atoms with van der Waals surface area (Å²) in [7, 11) is 0. The molecule has 0 atom stereocenters. The number of nitrogens with zero attached hydrogens (tertiary/aromatic N) is 3. The van der Waals surface area contributed by atoms with E-state index in [4.69, 9.17) is 35.5 Å². The number of hydrogen-bond acceptors (Lipinski definition) is 3. The normalized spacial score (nSPS) is 9.18. The summed E-state index contributed by atoms with van der Waals surface area (Å²) >= 11 is 10.9. The molecular formula is C5H2Cl2N4. The van der Waals surface area contributed by atoms with Crippen LogP contribution in [-0.2, 0) is 0 Å². The van der Waals surface area contributed by atoms with E-state index in [1.54, 1.807) is 0 Å². The molecule has 0 fully saturated rings. The minimum absolute atomic E-state index is 0.000370. The van der Waals surface area contributed by atoms with Gasteiger partial charge in [-0.25, -0.2) is 4.98 Å². The molecule has 0 aliphatic carbocycles. The van der Waals surface area contributed by atoms with E-state index in [2.05, 4.69) is 14.8 Å². The summed E-state index contributed by atoms with van der Waals surface area (Å²) in [6, 6.07) is 0. The van der Waals surface area contributed by atoms with Gasteiger partial charge in [0.2, 0.25) is 0 Å². The second-order valence-electron chi connectivity index (χ2n) is 1.63. The van der Waals surface area contributed by atoms with E-state index in [0.717, 1.165) is 0 Å². The van der Waals surface area contributed by atoms with Crippen LogP contribution >= 0.6 is 23.2 Å². The molecule has 1 rings (SSSR count). The molecular weight excluding hydrogens is 187 g/mol. The van der Waals surface area contributed by atoms with Gasteiger partial charge in [-0.2, -0.15) is 0 Å². The maximum atomic E-state index is 6.59. The zero-order valence-electron chi connectivity index (χ0n) is 5.17. The second-order valence-corrected chi connectivity index (χ2v) is 2.34. The van der Waals surface area contributed by atoms with Crippen molar-refractivity contribution in [2.45, 2.75) is 0 Å². The summed E-state index contributed by atoms with van der Waals surface area (Å²) < 4.78 is 0. The van der Waals surface area contributed by atoms with Gasteiger partial charge in [0.15, 0.2) is 11.0 Å². The molecule has 56 valence electrons. The number of hydrogen-bond donors (Lipinski definition) is 1. The lowest BCUT2D eigenvalue weighted by molar-refractivity contribution is 1.23. The molecule has 0 amide bonds. The zero-order valence-corrected chi connectivity index (χ0v) is 6.69. The van der Waals surface area contributed by atoms with Crippen LogP contribution in [0.1, 0.15) is 0 Å². The van der Waals surface area contributed by atoms with E-state index in [1.165, 1.54) is 0 Å². The summed E-state index contributed by atoms with van der Waals surface area (Å²) in [6.07, 6.45) is 0. The summed E-state index contributed by atoms with van der Waals surface area (Å²) in [5.41, 5.74) is 5.25. The van der Waals surface area contributed by atoms with E-state index < -0.39 is 0 Å². The predicted octanol–water partition coefficient (Wildman–Crippen LogP) is 1.92. The topological polar surface area (TPSA) is 56.2 Å². The van der Waals surface area contributed by atoms with Crippen LogP contribution in [0.15, 0.2) is 0 Å². The fourth-order valence-corrected chi connectivity index (χ4v) is 0.767. The molecule has 0 aromatic carbocycles. The van der Waals surface area contributed by atoms with E-state index in [-0.39, 0.29) is 21.9 Å². The molecule has 11 heavy (non-hydrogen) atoms. The third-order valence-corrected chi connectivity index (χ3v) is 1.46. The summed E-state index contributed by atoms with van der Waals surface area (Å²) in [5.74, 6) is -0.00469. The molecule has 1 heterocycles.